The molecule has 0 spiro atoms. The molecular formula is C18H16BrN3O2S. The van der Waals surface area contributed by atoms with Crippen molar-refractivity contribution in [2.24, 2.45) is 5.10 Å². The van der Waals surface area contributed by atoms with Crippen molar-refractivity contribution in [3.8, 4) is 22.8 Å². The van der Waals surface area contributed by atoms with Gasteiger partial charge in [0, 0.05) is 21.0 Å². The number of hydrazone groups is 1. The Kier molecular flexibility index (Phi) is 5.67. The van der Waals surface area contributed by atoms with E-state index < -0.39 is 0 Å². The number of hydrogen-bond donors (Lipinski definition) is 1. The summed E-state index contributed by atoms with van der Waals surface area (Å²) in [5.74, 6) is 1.31. The van der Waals surface area contributed by atoms with Crippen LogP contribution in [0.15, 0.2) is 57.4 Å². The predicted octanol–water partition coefficient (Wildman–Crippen LogP) is 5.04. The van der Waals surface area contributed by atoms with Gasteiger partial charge in [0.1, 0.15) is 0 Å². The first-order valence-corrected chi connectivity index (χ1v) is 9.10. The molecule has 0 amide bonds. The third-order valence-corrected chi connectivity index (χ3v) is 4.87. The third-order valence-electron chi connectivity index (χ3n) is 3.44. The van der Waals surface area contributed by atoms with E-state index in [4.69, 9.17) is 9.47 Å². The fraction of sp³-hybridized carbons (Fsp3) is 0.111. The minimum Gasteiger partial charge on any atom is -0.493 e. The van der Waals surface area contributed by atoms with Gasteiger partial charge in [-0.1, -0.05) is 30.3 Å². The highest BCUT2D eigenvalue weighted by atomic mass is 79.9. The molecule has 3 aromatic rings. The smallest absolute Gasteiger partial charge is 0.203 e. The van der Waals surface area contributed by atoms with Gasteiger partial charge in [-0.2, -0.15) is 5.10 Å². The molecule has 0 radical (unpaired) electrons. The molecule has 7 heteroatoms. The molecule has 3 rings (SSSR count). The number of thiazole rings is 1. The molecule has 128 valence electrons. The number of anilines is 1. The summed E-state index contributed by atoms with van der Waals surface area (Å²) < 4.78 is 11.4. The van der Waals surface area contributed by atoms with Crippen LogP contribution in [0.25, 0.3) is 11.3 Å². The Morgan fingerprint density at radius 1 is 1.12 bits per heavy atom. The molecule has 0 aliphatic heterocycles. The van der Waals surface area contributed by atoms with Crippen LogP contribution in [-0.2, 0) is 0 Å². The van der Waals surface area contributed by atoms with Gasteiger partial charge in [0.05, 0.1) is 26.1 Å². The van der Waals surface area contributed by atoms with Gasteiger partial charge < -0.3 is 9.47 Å². The van der Waals surface area contributed by atoms with Gasteiger partial charge in [-0.25, -0.2) is 4.98 Å². The van der Waals surface area contributed by atoms with Crippen molar-refractivity contribution >= 4 is 38.6 Å². The molecular weight excluding hydrogens is 402 g/mol. The summed E-state index contributed by atoms with van der Waals surface area (Å²) >= 11 is 5.01. The Hall–Kier alpha value is -2.38. The van der Waals surface area contributed by atoms with Gasteiger partial charge in [-0.15, -0.1) is 11.3 Å². The lowest BCUT2D eigenvalue weighted by atomic mass is 10.2. The first-order chi connectivity index (χ1) is 12.2. The molecule has 1 N–H and O–H groups in total. The Balaban J connectivity index is 1.73. The van der Waals surface area contributed by atoms with Crippen molar-refractivity contribution < 1.29 is 9.47 Å². The summed E-state index contributed by atoms with van der Waals surface area (Å²) in [5.41, 5.74) is 5.83. The van der Waals surface area contributed by atoms with Crippen LogP contribution in [0.1, 0.15) is 5.56 Å². The molecule has 0 atom stereocenters. The quantitative estimate of drug-likeness (QED) is 0.450. The van der Waals surface area contributed by atoms with Crippen LogP contribution in [0.4, 0.5) is 5.13 Å². The molecule has 2 aromatic carbocycles. The van der Waals surface area contributed by atoms with E-state index in [1.54, 1.807) is 20.4 Å². The highest BCUT2D eigenvalue weighted by Gasteiger charge is 2.08. The number of ether oxygens (including phenoxy) is 2. The molecule has 5 nitrogen and oxygen atoms in total. The second kappa shape index (κ2) is 8.13. The van der Waals surface area contributed by atoms with Crippen molar-refractivity contribution in [1.82, 2.24) is 4.98 Å². The minimum absolute atomic E-state index is 0.646. The maximum absolute atomic E-state index is 5.31. The summed E-state index contributed by atoms with van der Waals surface area (Å²) in [7, 11) is 3.21. The van der Waals surface area contributed by atoms with Gasteiger partial charge >= 0.3 is 0 Å². The number of benzene rings is 2. The van der Waals surface area contributed by atoms with Gasteiger partial charge in [-0.3, -0.25) is 5.43 Å². The number of methoxy groups -OCH3 is 2. The summed E-state index contributed by atoms with van der Waals surface area (Å²) in [4.78, 5) is 4.53. The van der Waals surface area contributed by atoms with Crippen LogP contribution in [0.3, 0.4) is 0 Å². The van der Waals surface area contributed by atoms with Gasteiger partial charge in [-0.05, 0) is 28.1 Å². The van der Waals surface area contributed by atoms with E-state index >= 15 is 0 Å². The van der Waals surface area contributed by atoms with Crippen molar-refractivity contribution in [3.05, 3.63) is 57.9 Å². The molecule has 0 aliphatic carbocycles. The van der Waals surface area contributed by atoms with E-state index in [1.165, 1.54) is 11.3 Å². The molecule has 0 saturated heterocycles. The zero-order valence-electron chi connectivity index (χ0n) is 13.7. The second-order valence-corrected chi connectivity index (χ2v) is 6.72. The summed E-state index contributed by atoms with van der Waals surface area (Å²) in [6, 6.07) is 13.7. The molecule has 25 heavy (non-hydrogen) atoms. The fourth-order valence-electron chi connectivity index (χ4n) is 2.19. The number of aromatic nitrogens is 1. The van der Waals surface area contributed by atoms with Crippen LogP contribution in [0.5, 0.6) is 11.5 Å². The maximum atomic E-state index is 5.31. The average molecular weight is 418 g/mol. The summed E-state index contributed by atoms with van der Waals surface area (Å²) in [5, 5.41) is 6.99. The molecule has 0 bridgehead atoms. The molecule has 1 heterocycles. The summed E-state index contributed by atoms with van der Waals surface area (Å²) in [6.07, 6.45) is 1.70. The molecule has 0 aliphatic rings. The van der Waals surface area contributed by atoms with Crippen molar-refractivity contribution in [2.75, 3.05) is 19.6 Å². The number of nitrogens with zero attached hydrogens (tertiary/aromatic N) is 2. The average Bonchev–Trinajstić information content (AvgIpc) is 3.12. The zero-order chi connectivity index (χ0) is 17.6. The molecule has 0 unspecified atom stereocenters. The van der Waals surface area contributed by atoms with Gasteiger partial charge in [0.25, 0.3) is 0 Å². The maximum Gasteiger partial charge on any atom is 0.203 e. The van der Waals surface area contributed by atoms with Crippen LogP contribution < -0.4 is 14.9 Å². The molecule has 0 saturated carbocycles. The number of hydrogen-bond acceptors (Lipinski definition) is 6. The van der Waals surface area contributed by atoms with Gasteiger partial charge in [0.2, 0.25) is 5.13 Å². The van der Waals surface area contributed by atoms with Crippen LogP contribution in [-0.4, -0.2) is 25.4 Å². The lowest BCUT2D eigenvalue weighted by molar-refractivity contribution is 0.354. The minimum atomic E-state index is 0.646. The SMILES string of the molecule is COc1cc(Br)c(C=NNc2nc(-c3ccccc3)cs2)cc1OC. The highest BCUT2D eigenvalue weighted by Crippen LogP contribution is 2.32. The van der Waals surface area contributed by atoms with E-state index in [2.05, 4.69) is 31.4 Å². The summed E-state index contributed by atoms with van der Waals surface area (Å²) in [6.45, 7) is 0. The number of halogens is 1. The lowest BCUT2D eigenvalue weighted by Crippen LogP contribution is -1.95. The molecule has 1 aromatic heterocycles. The Morgan fingerprint density at radius 2 is 1.84 bits per heavy atom. The standard InChI is InChI=1S/C18H16BrN3O2S/c1-23-16-8-13(14(19)9-17(16)24-2)10-20-22-18-21-15(11-25-18)12-6-4-3-5-7-12/h3-11H,1-2H3,(H,21,22). The van der Waals surface area contributed by atoms with E-state index in [1.807, 2.05) is 47.8 Å². The van der Waals surface area contributed by atoms with Crippen LogP contribution in [0, 0.1) is 0 Å². The third kappa shape index (κ3) is 4.18. The second-order valence-electron chi connectivity index (χ2n) is 5.00. The monoisotopic (exact) mass is 417 g/mol. The topological polar surface area (TPSA) is 55.7 Å². The molecule has 0 fully saturated rings. The largest absolute Gasteiger partial charge is 0.493 e. The first-order valence-electron chi connectivity index (χ1n) is 7.43. The number of nitrogens with one attached hydrogen (secondary N) is 1. The van der Waals surface area contributed by atoms with E-state index in [9.17, 15) is 0 Å². The Labute approximate surface area is 158 Å². The van der Waals surface area contributed by atoms with Crippen molar-refractivity contribution in [1.29, 1.82) is 0 Å². The predicted molar refractivity (Wildman–Crippen MR) is 106 cm³/mol. The first kappa shape index (κ1) is 17.4. The lowest BCUT2D eigenvalue weighted by Gasteiger charge is -2.09. The van der Waals surface area contributed by atoms with E-state index in [-0.39, 0.29) is 0 Å². The van der Waals surface area contributed by atoms with Crippen molar-refractivity contribution in [2.45, 2.75) is 0 Å². The zero-order valence-corrected chi connectivity index (χ0v) is 16.1. The van der Waals surface area contributed by atoms with Crippen LogP contribution >= 0.6 is 27.3 Å². The Bertz CT molecular complexity index is 881. The fourth-order valence-corrected chi connectivity index (χ4v) is 3.29. The van der Waals surface area contributed by atoms with Gasteiger partial charge in [0.15, 0.2) is 11.5 Å². The van der Waals surface area contributed by atoms with E-state index in [0.29, 0.717) is 11.5 Å². The Morgan fingerprint density at radius 3 is 2.56 bits per heavy atom. The number of rotatable bonds is 6. The highest BCUT2D eigenvalue weighted by molar-refractivity contribution is 9.10. The van der Waals surface area contributed by atoms with E-state index in [0.717, 1.165) is 26.4 Å². The normalized spacial score (nSPS) is 10.8. The van der Waals surface area contributed by atoms with Crippen LogP contribution in [0.2, 0.25) is 0 Å². The van der Waals surface area contributed by atoms with Crippen molar-refractivity contribution in [3.63, 3.8) is 0 Å².